The van der Waals surface area contributed by atoms with Gasteiger partial charge in [0.2, 0.25) is 0 Å². The summed E-state index contributed by atoms with van der Waals surface area (Å²) in [7, 11) is 0. The van der Waals surface area contributed by atoms with E-state index in [9.17, 15) is 9.90 Å². The lowest BCUT2D eigenvalue weighted by Gasteiger charge is -2.27. The van der Waals surface area contributed by atoms with Gasteiger partial charge in [-0.1, -0.05) is 18.2 Å². The Kier molecular flexibility index (Phi) is 6.93. The van der Waals surface area contributed by atoms with Crippen LogP contribution in [0.4, 0.5) is 0 Å². The minimum Gasteiger partial charge on any atom is -0.507 e. The number of carbonyl (C=O) groups is 1. The van der Waals surface area contributed by atoms with Gasteiger partial charge in [-0.25, -0.2) is 0 Å². The first-order valence-corrected chi connectivity index (χ1v) is 11.9. The van der Waals surface area contributed by atoms with Gasteiger partial charge in [-0.2, -0.15) is 5.10 Å². The summed E-state index contributed by atoms with van der Waals surface area (Å²) in [4.78, 5) is 15.3. The number of phenols is 1. The number of aromatic hydroxyl groups is 1. The number of H-pyrrole nitrogens is 1. The van der Waals surface area contributed by atoms with Crippen LogP contribution in [-0.2, 0) is 4.74 Å². The lowest BCUT2D eigenvalue weighted by atomic mass is 9.93. The largest absolute Gasteiger partial charge is 0.507 e. The van der Waals surface area contributed by atoms with Gasteiger partial charge in [0, 0.05) is 24.3 Å². The number of rotatable bonds is 9. The smallest absolute Gasteiger partial charge is 0.273 e. The number of ether oxygens (including phenoxy) is 2. The summed E-state index contributed by atoms with van der Waals surface area (Å²) in [6, 6.07) is 11.3. The molecule has 2 heterocycles. The predicted octanol–water partition coefficient (Wildman–Crippen LogP) is 5.16. The van der Waals surface area contributed by atoms with Gasteiger partial charge in [-0.3, -0.25) is 9.89 Å². The maximum Gasteiger partial charge on any atom is 0.273 e. The van der Waals surface area contributed by atoms with Gasteiger partial charge in [0.05, 0.1) is 18.8 Å². The minimum absolute atomic E-state index is 0.0959. The number of amides is 1. The standard InChI is InChI=1S/C27H33N3O4/c1-6-33-20-10-8-19(9-11-20)26-23-24(22-18(5)14-17(4)15-21(22)31)28-29-25(23)27(32)30(26)12-7-13-34-16(2)3/h8-11,14-16,26,31H,6-7,12-13H2,1-5H3,(H,28,29). The molecule has 0 aliphatic carbocycles. The van der Waals surface area contributed by atoms with Crippen molar-refractivity contribution in [3.05, 3.63) is 64.3 Å². The van der Waals surface area contributed by atoms with E-state index >= 15 is 0 Å². The third-order valence-corrected chi connectivity index (χ3v) is 6.06. The number of fused-ring (bicyclic) bond motifs is 1. The molecule has 1 atom stereocenters. The Morgan fingerprint density at radius 1 is 1.18 bits per heavy atom. The number of phenolic OH excluding ortho intramolecular Hbond substituents is 1. The Morgan fingerprint density at radius 3 is 2.56 bits per heavy atom. The first-order chi connectivity index (χ1) is 16.3. The average molecular weight is 464 g/mol. The highest BCUT2D eigenvalue weighted by atomic mass is 16.5. The van der Waals surface area contributed by atoms with Gasteiger partial charge in [-0.05, 0) is 75.9 Å². The van der Waals surface area contributed by atoms with Crippen molar-refractivity contribution < 1.29 is 19.4 Å². The van der Waals surface area contributed by atoms with Gasteiger partial charge in [0.1, 0.15) is 22.9 Å². The number of nitrogens with zero attached hydrogens (tertiary/aromatic N) is 2. The van der Waals surface area contributed by atoms with E-state index in [-0.39, 0.29) is 23.8 Å². The second kappa shape index (κ2) is 9.89. The molecule has 3 aromatic rings. The van der Waals surface area contributed by atoms with Crippen LogP contribution in [0.1, 0.15) is 66.0 Å². The molecule has 7 heteroatoms. The Bertz CT molecular complexity index is 1140. The molecule has 0 fully saturated rings. The zero-order valence-corrected chi connectivity index (χ0v) is 20.5. The molecule has 1 aliphatic heterocycles. The normalized spacial score (nSPS) is 15.3. The highest BCUT2D eigenvalue weighted by Gasteiger charge is 2.42. The monoisotopic (exact) mass is 463 g/mol. The molecule has 0 saturated carbocycles. The maximum atomic E-state index is 13.5. The van der Waals surface area contributed by atoms with Crippen molar-refractivity contribution in [3.8, 4) is 22.8 Å². The van der Waals surface area contributed by atoms with Gasteiger partial charge in [0.15, 0.2) is 0 Å². The Hall–Kier alpha value is -3.32. The Labute approximate surface area is 200 Å². The molecule has 1 amide bonds. The summed E-state index contributed by atoms with van der Waals surface area (Å²) in [5.74, 6) is 0.849. The van der Waals surface area contributed by atoms with Crippen LogP contribution in [0, 0.1) is 13.8 Å². The van der Waals surface area contributed by atoms with Crippen molar-refractivity contribution in [3.63, 3.8) is 0 Å². The van der Waals surface area contributed by atoms with Crippen LogP contribution in [0.2, 0.25) is 0 Å². The highest BCUT2D eigenvalue weighted by molar-refractivity contribution is 6.00. The molecule has 0 radical (unpaired) electrons. The fourth-order valence-corrected chi connectivity index (χ4v) is 4.68. The second-order valence-electron chi connectivity index (χ2n) is 9.01. The van der Waals surface area contributed by atoms with E-state index in [2.05, 4.69) is 10.2 Å². The number of nitrogens with one attached hydrogen (secondary N) is 1. The summed E-state index contributed by atoms with van der Waals surface area (Å²) < 4.78 is 11.3. The van der Waals surface area contributed by atoms with Gasteiger partial charge < -0.3 is 19.5 Å². The quantitative estimate of drug-likeness (QED) is 0.428. The minimum atomic E-state index is -0.328. The third-order valence-electron chi connectivity index (χ3n) is 6.06. The molecule has 34 heavy (non-hydrogen) atoms. The molecule has 0 saturated heterocycles. The van der Waals surface area contributed by atoms with E-state index < -0.39 is 0 Å². The highest BCUT2D eigenvalue weighted by Crippen LogP contribution is 2.45. The molecule has 1 unspecified atom stereocenters. The van der Waals surface area contributed by atoms with E-state index in [0.29, 0.717) is 36.7 Å². The molecule has 7 nitrogen and oxygen atoms in total. The van der Waals surface area contributed by atoms with Crippen LogP contribution >= 0.6 is 0 Å². The molecule has 2 N–H and O–H groups in total. The third kappa shape index (κ3) is 4.53. The molecule has 2 aromatic carbocycles. The van der Waals surface area contributed by atoms with Gasteiger partial charge in [0.25, 0.3) is 5.91 Å². The molecule has 0 spiro atoms. The Morgan fingerprint density at radius 2 is 1.91 bits per heavy atom. The van der Waals surface area contributed by atoms with E-state index in [1.54, 1.807) is 6.07 Å². The summed E-state index contributed by atoms with van der Waals surface area (Å²) in [6.07, 6.45) is 0.867. The van der Waals surface area contributed by atoms with Crippen molar-refractivity contribution in [1.82, 2.24) is 15.1 Å². The molecular formula is C27H33N3O4. The Balaban J connectivity index is 1.77. The molecule has 1 aromatic heterocycles. The van der Waals surface area contributed by atoms with E-state index in [4.69, 9.17) is 9.47 Å². The fourth-order valence-electron chi connectivity index (χ4n) is 4.68. The molecular weight excluding hydrogens is 430 g/mol. The second-order valence-corrected chi connectivity index (χ2v) is 9.01. The van der Waals surface area contributed by atoms with Crippen LogP contribution in [0.15, 0.2) is 36.4 Å². The van der Waals surface area contributed by atoms with Gasteiger partial charge in [-0.15, -0.1) is 0 Å². The number of benzene rings is 2. The summed E-state index contributed by atoms with van der Waals surface area (Å²) in [5, 5.41) is 18.3. The number of carbonyl (C=O) groups excluding carboxylic acids is 1. The van der Waals surface area contributed by atoms with Crippen molar-refractivity contribution in [2.24, 2.45) is 0 Å². The number of aromatic nitrogens is 2. The SMILES string of the molecule is CCOc1ccc(C2c3c(-c4c(C)cc(C)cc4O)n[nH]c3C(=O)N2CCCOC(C)C)cc1. The zero-order valence-electron chi connectivity index (χ0n) is 20.5. The molecule has 0 bridgehead atoms. The van der Waals surface area contributed by atoms with Crippen LogP contribution < -0.4 is 4.74 Å². The van der Waals surface area contributed by atoms with E-state index in [1.165, 1.54) is 0 Å². The summed E-state index contributed by atoms with van der Waals surface area (Å²) in [6.45, 7) is 11.6. The number of hydrogen-bond donors (Lipinski definition) is 2. The molecule has 1 aliphatic rings. The van der Waals surface area contributed by atoms with Crippen molar-refractivity contribution >= 4 is 5.91 Å². The lowest BCUT2D eigenvalue weighted by molar-refractivity contribution is 0.0601. The number of hydrogen-bond acceptors (Lipinski definition) is 5. The lowest BCUT2D eigenvalue weighted by Crippen LogP contribution is -2.31. The zero-order chi connectivity index (χ0) is 24.4. The van der Waals surface area contributed by atoms with Crippen molar-refractivity contribution in [2.75, 3.05) is 19.8 Å². The van der Waals surface area contributed by atoms with Crippen LogP contribution in [-0.4, -0.2) is 52.0 Å². The summed E-state index contributed by atoms with van der Waals surface area (Å²) >= 11 is 0. The first kappa shape index (κ1) is 23.8. The molecule has 4 rings (SSSR count). The van der Waals surface area contributed by atoms with Crippen LogP contribution in [0.25, 0.3) is 11.3 Å². The summed E-state index contributed by atoms with van der Waals surface area (Å²) in [5.41, 5.74) is 5.37. The van der Waals surface area contributed by atoms with E-state index in [0.717, 1.165) is 34.4 Å². The van der Waals surface area contributed by atoms with Crippen LogP contribution in [0.5, 0.6) is 11.5 Å². The first-order valence-electron chi connectivity index (χ1n) is 11.9. The number of aryl methyl sites for hydroxylation is 2. The van der Waals surface area contributed by atoms with Crippen LogP contribution in [0.3, 0.4) is 0 Å². The maximum absolute atomic E-state index is 13.5. The fraction of sp³-hybridized carbons (Fsp3) is 0.407. The van der Waals surface area contributed by atoms with Crippen molar-refractivity contribution in [2.45, 2.75) is 53.2 Å². The van der Waals surface area contributed by atoms with Crippen molar-refractivity contribution in [1.29, 1.82) is 0 Å². The average Bonchev–Trinajstić information content (AvgIpc) is 3.31. The topological polar surface area (TPSA) is 87.7 Å². The molecule has 180 valence electrons. The predicted molar refractivity (Wildman–Crippen MR) is 131 cm³/mol. The van der Waals surface area contributed by atoms with E-state index in [1.807, 2.05) is 69.9 Å². The number of aromatic amines is 1. The van der Waals surface area contributed by atoms with Gasteiger partial charge >= 0.3 is 0 Å².